The van der Waals surface area contributed by atoms with Crippen LogP contribution in [0, 0.1) is 0 Å². The summed E-state index contributed by atoms with van der Waals surface area (Å²) in [6.45, 7) is 6.55. The van der Waals surface area contributed by atoms with Gasteiger partial charge in [0, 0.05) is 10.6 Å². The second-order valence-electron chi connectivity index (χ2n) is 4.34. The van der Waals surface area contributed by atoms with Crippen molar-refractivity contribution in [2.45, 2.75) is 44.9 Å². The van der Waals surface area contributed by atoms with Crippen molar-refractivity contribution in [2.75, 3.05) is 5.75 Å². The Morgan fingerprint density at radius 3 is 2.81 bits per heavy atom. The minimum Gasteiger partial charge on any atom is -0.122 e. The molecular weight excluding hydrogens is 212 g/mol. The summed E-state index contributed by atoms with van der Waals surface area (Å²) >= 11 is 1.92. The Kier molecular flexibility index (Phi) is 6.32. The van der Waals surface area contributed by atoms with Gasteiger partial charge in [-0.3, -0.25) is 0 Å². The molecule has 88 valence electrons. The van der Waals surface area contributed by atoms with E-state index in [9.17, 15) is 0 Å². The SMILES string of the molecule is CCCCc1cccc(SCC=C(C)C)c1. The Morgan fingerprint density at radius 2 is 2.12 bits per heavy atom. The highest BCUT2D eigenvalue weighted by Gasteiger charge is 1.96. The number of unbranched alkanes of at least 4 members (excludes halogenated alkanes) is 1. The van der Waals surface area contributed by atoms with Crippen LogP contribution in [0.5, 0.6) is 0 Å². The molecule has 0 fully saturated rings. The molecular formula is C15H22S. The maximum Gasteiger partial charge on any atom is 0.0163 e. The van der Waals surface area contributed by atoms with Gasteiger partial charge in [-0.2, -0.15) is 0 Å². The zero-order valence-corrected chi connectivity index (χ0v) is 11.4. The largest absolute Gasteiger partial charge is 0.122 e. The summed E-state index contributed by atoms with van der Waals surface area (Å²) in [4.78, 5) is 1.39. The Balaban J connectivity index is 2.50. The van der Waals surface area contributed by atoms with Crippen molar-refractivity contribution in [1.82, 2.24) is 0 Å². The van der Waals surface area contributed by atoms with E-state index in [2.05, 4.69) is 51.1 Å². The summed E-state index contributed by atoms with van der Waals surface area (Å²) in [6, 6.07) is 8.95. The topological polar surface area (TPSA) is 0 Å². The fourth-order valence-electron chi connectivity index (χ4n) is 1.48. The molecule has 1 aromatic carbocycles. The number of aryl methyl sites for hydroxylation is 1. The second kappa shape index (κ2) is 7.56. The lowest BCUT2D eigenvalue weighted by Crippen LogP contribution is -1.85. The van der Waals surface area contributed by atoms with Crippen LogP contribution in [0.4, 0.5) is 0 Å². The summed E-state index contributed by atoms with van der Waals surface area (Å²) in [6.07, 6.45) is 6.06. The lowest BCUT2D eigenvalue weighted by atomic mass is 10.1. The fourth-order valence-corrected chi connectivity index (χ4v) is 2.49. The maximum absolute atomic E-state index is 2.33. The van der Waals surface area contributed by atoms with Gasteiger partial charge in [-0.15, -0.1) is 11.8 Å². The average Bonchev–Trinajstić information content (AvgIpc) is 2.26. The van der Waals surface area contributed by atoms with Crippen molar-refractivity contribution in [3.05, 3.63) is 41.5 Å². The summed E-state index contributed by atoms with van der Waals surface area (Å²) in [5.41, 5.74) is 2.87. The first-order valence-electron chi connectivity index (χ1n) is 6.07. The van der Waals surface area contributed by atoms with Crippen LogP contribution in [0.15, 0.2) is 40.8 Å². The molecule has 0 bridgehead atoms. The summed E-state index contributed by atoms with van der Waals surface area (Å²) < 4.78 is 0. The van der Waals surface area contributed by atoms with Gasteiger partial charge in [0.15, 0.2) is 0 Å². The van der Waals surface area contributed by atoms with E-state index in [4.69, 9.17) is 0 Å². The van der Waals surface area contributed by atoms with Gasteiger partial charge in [0.05, 0.1) is 0 Å². The number of allylic oxidation sites excluding steroid dienone is 1. The molecule has 0 spiro atoms. The smallest absolute Gasteiger partial charge is 0.0163 e. The molecule has 0 aromatic heterocycles. The van der Waals surface area contributed by atoms with Gasteiger partial charge < -0.3 is 0 Å². The van der Waals surface area contributed by atoms with Crippen molar-refractivity contribution in [2.24, 2.45) is 0 Å². The Bertz CT molecular complexity index is 335. The molecule has 0 N–H and O–H groups in total. The zero-order chi connectivity index (χ0) is 11.8. The van der Waals surface area contributed by atoms with Gasteiger partial charge in [-0.05, 0) is 44.4 Å². The van der Waals surface area contributed by atoms with Crippen LogP contribution in [-0.4, -0.2) is 5.75 Å². The van der Waals surface area contributed by atoms with Gasteiger partial charge >= 0.3 is 0 Å². The van der Waals surface area contributed by atoms with E-state index in [1.165, 1.54) is 35.3 Å². The van der Waals surface area contributed by atoms with E-state index in [0.717, 1.165) is 5.75 Å². The number of hydrogen-bond donors (Lipinski definition) is 0. The van der Waals surface area contributed by atoms with Crippen molar-refractivity contribution >= 4 is 11.8 Å². The zero-order valence-electron chi connectivity index (χ0n) is 10.6. The number of benzene rings is 1. The minimum absolute atomic E-state index is 1.08. The predicted octanol–water partition coefficient (Wildman–Crippen LogP) is 5.09. The van der Waals surface area contributed by atoms with E-state index in [1.807, 2.05) is 11.8 Å². The normalized spacial score (nSPS) is 10.2. The Labute approximate surface area is 104 Å². The number of thioether (sulfide) groups is 1. The quantitative estimate of drug-likeness (QED) is 0.488. The van der Waals surface area contributed by atoms with E-state index in [-0.39, 0.29) is 0 Å². The standard InChI is InChI=1S/C15H22S/c1-4-5-7-14-8-6-9-15(12-14)16-11-10-13(2)3/h6,8-10,12H,4-5,7,11H2,1-3H3. The van der Waals surface area contributed by atoms with Crippen molar-refractivity contribution in [1.29, 1.82) is 0 Å². The minimum atomic E-state index is 1.08. The van der Waals surface area contributed by atoms with Crippen LogP contribution < -0.4 is 0 Å². The first-order valence-corrected chi connectivity index (χ1v) is 7.06. The molecule has 1 rings (SSSR count). The third-order valence-electron chi connectivity index (χ3n) is 2.46. The van der Waals surface area contributed by atoms with Crippen LogP contribution in [0.3, 0.4) is 0 Å². The lowest BCUT2D eigenvalue weighted by molar-refractivity contribution is 0.793. The Morgan fingerprint density at radius 1 is 1.31 bits per heavy atom. The van der Waals surface area contributed by atoms with Crippen molar-refractivity contribution < 1.29 is 0 Å². The predicted molar refractivity (Wildman–Crippen MR) is 75.2 cm³/mol. The molecule has 0 radical (unpaired) electrons. The lowest BCUT2D eigenvalue weighted by Gasteiger charge is -2.03. The molecule has 0 amide bonds. The monoisotopic (exact) mass is 234 g/mol. The van der Waals surface area contributed by atoms with E-state index < -0.39 is 0 Å². The molecule has 0 saturated carbocycles. The number of rotatable bonds is 6. The van der Waals surface area contributed by atoms with Crippen molar-refractivity contribution in [3.8, 4) is 0 Å². The summed E-state index contributed by atoms with van der Waals surface area (Å²) in [5, 5.41) is 0. The third kappa shape index (κ3) is 5.41. The van der Waals surface area contributed by atoms with Crippen LogP contribution in [0.2, 0.25) is 0 Å². The van der Waals surface area contributed by atoms with E-state index in [0.29, 0.717) is 0 Å². The molecule has 0 aliphatic rings. The third-order valence-corrected chi connectivity index (χ3v) is 3.38. The summed E-state index contributed by atoms with van der Waals surface area (Å²) in [5.74, 6) is 1.08. The van der Waals surface area contributed by atoms with Gasteiger partial charge in [-0.25, -0.2) is 0 Å². The first-order chi connectivity index (χ1) is 7.72. The molecule has 16 heavy (non-hydrogen) atoms. The van der Waals surface area contributed by atoms with E-state index >= 15 is 0 Å². The van der Waals surface area contributed by atoms with Crippen LogP contribution in [0.25, 0.3) is 0 Å². The second-order valence-corrected chi connectivity index (χ2v) is 5.44. The highest BCUT2D eigenvalue weighted by molar-refractivity contribution is 7.99. The highest BCUT2D eigenvalue weighted by Crippen LogP contribution is 2.20. The average molecular weight is 234 g/mol. The summed E-state index contributed by atoms with van der Waals surface area (Å²) in [7, 11) is 0. The van der Waals surface area contributed by atoms with Crippen LogP contribution in [0.1, 0.15) is 39.2 Å². The molecule has 0 unspecified atom stereocenters. The van der Waals surface area contributed by atoms with E-state index in [1.54, 1.807) is 0 Å². The van der Waals surface area contributed by atoms with Gasteiger partial charge in [-0.1, -0.05) is 37.1 Å². The molecule has 0 atom stereocenters. The van der Waals surface area contributed by atoms with Crippen molar-refractivity contribution in [3.63, 3.8) is 0 Å². The van der Waals surface area contributed by atoms with Crippen LogP contribution in [-0.2, 0) is 6.42 Å². The maximum atomic E-state index is 2.33. The Hall–Kier alpha value is -0.690. The van der Waals surface area contributed by atoms with Gasteiger partial charge in [0.1, 0.15) is 0 Å². The molecule has 0 aliphatic carbocycles. The molecule has 0 heterocycles. The molecule has 0 nitrogen and oxygen atoms in total. The molecule has 0 aliphatic heterocycles. The molecule has 1 heteroatoms. The number of hydrogen-bond acceptors (Lipinski definition) is 1. The molecule has 0 saturated heterocycles. The van der Waals surface area contributed by atoms with Gasteiger partial charge in [0.25, 0.3) is 0 Å². The fraction of sp³-hybridized carbons (Fsp3) is 0.467. The van der Waals surface area contributed by atoms with Crippen LogP contribution >= 0.6 is 11.8 Å². The highest BCUT2D eigenvalue weighted by atomic mass is 32.2. The van der Waals surface area contributed by atoms with Gasteiger partial charge in [0.2, 0.25) is 0 Å². The molecule has 1 aromatic rings. The first kappa shape index (κ1) is 13.4.